The average molecular weight is 381 g/mol. The first-order chi connectivity index (χ1) is 12.7. The van der Waals surface area contributed by atoms with Gasteiger partial charge in [-0.25, -0.2) is 4.39 Å². The molecule has 2 aromatic rings. The molecule has 0 bridgehead atoms. The number of alkyl halides is 4. The van der Waals surface area contributed by atoms with Crippen LogP contribution < -0.4 is 5.73 Å². The fraction of sp³-hybridized carbons (Fsp3) is 0.278. The Morgan fingerprint density at radius 2 is 1.81 bits per heavy atom. The molecule has 5 nitrogen and oxygen atoms in total. The number of primary amides is 1. The lowest BCUT2D eigenvalue weighted by Crippen LogP contribution is -2.31. The van der Waals surface area contributed by atoms with Crippen LogP contribution in [0.3, 0.4) is 0 Å². The van der Waals surface area contributed by atoms with E-state index in [1.807, 2.05) is 0 Å². The molecule has 0 saturated carbocycles. The van der Waals surface area contributed by atoms with E-state index in [9.17, 15) is 27.2 Å². The van der Waals surface area contributed by atoms with Crippen LogP contribution in [0.4, 0.5) is 17.6 Å². The fourth-order valence-corrected chi connectivity index (χ4v) is 3.25. The Morgan fingerprint density at radius 1 is 1.11 bits per heavy atom. The number of carbonyl (C=O) groups excluding carboxylic acids is 2. The van der Waals surface area contributed by atoms with E-state index in [1.54, 1.807) is 12.1 Å². The predicted octanol–water partition coefficient (Wildman–Crippen LogP) is 2.78. The number of rotatable bonds is 3. The van der Waals surface area contributed by atoms with Gasteiger partial charge in [0.1, 0.15) is 6.17 Å². The number of hydrogen-bond donors (Lipinski definition) is 1. The summed E-state index contributed by atoms with van der Waals surface area (Å²) in [5, 5.41) is 0. The summed E-state index contributed by atoms with van der Waals surface area (Å²) >= 11 is 0. The highest BCUT2D eigenvalue weighted by Gasteiger charge is 2.41. The number of carbonyl (C=O) groups is 2. The van der Waals surface area contributed by atoms with E-state index in [-0.39, 0.29) is 18.7 Å². The number of nitrogens with zero attached hydrogens (tertiary/aromatic N) is 2. The second kappa shape index (κ2) is 6.98. The molecule has 0 spiro atoms. The van der Waals surface area contributed by atoms with Gasteiger partial charge in [-0.1, -0.05) is 18.2 Å². The van der Waals surface area contributed by atoms with Gasteiger partial charge < -0.3 is 10.6 Å². The third kappa shape index (κ3) is 3.62. The Labute approximate surface area is 151 Å². The van der Waals surface area contributed by atoms with Gasteiger partial charge in [0.15, 0.2) is 0 Å². The molecule has 1 aliphatic heterocycles. The highest BCUT2D eigenvalue weighted by molar-refractivity contribution is 5.96. The smallest absolute Gasteiger partial charge is 0.366 e. The van der Waals surface area contributed by atoms with Gasteiger partial charge in [-0.3, -0.25) is 14.6 Å². The summed E-state index contributed by atoms with van der Waals surface area (Å²) in [6.07, 6.45) is -4.52. The summed E-state index contributed by atoms with van der Waals surface area (Å²) in [4.78, 5) is 28.7. The summed E-state index contributed by atoms with van der Waals surface area (Å²) in [5.41, 5.74) is 3.99. The summed E-state index contributed by atoms with van der Waals surface area (Å²) in [6.45, 7) is -0.556. The SMILES string of the molecule is NC(=O)c1ccccc1[C@@H]1CN(C(=O)c2cnccc2C(F)(F)F)C[C@H]1F. The van der Waals surface area contributed by atoms with Crippen molar-refractivity contribution >= 4 is 11.8 Å². The molecule has 1 aromatic carbocycles. The third-order valence-electron chi connectivity index (χ3n) is 4.52. The number of pyridine rings is 1. The van der Waals surface area contributed by atoms with Crippen LogP contribution in [0.5, 0.6) is 0 Å². The molecular weight excluding hydrogens is 366 g/mol. The van der Waals surface area contributed by atoms with Crippen molar-refractivity contribution in [3.8, 4) is 0 Å². The number of nitrogens with two attached hydrogens (primary N) is 1. The zero-order chi connectivity index (χ0) is 19.8. The quantitative estimate of drug-likeness (QED) is 0.831. The molecule has 1 saturated heterocycles. The van der Waals surface area contributed by atoms with Gasteiger partial charge in [-0.15, -0.1) is 0 Å². The molecule has 27 heavy (non-hydrogen) atoms. The van der Waals surface area contributed by atoms with E-state index in [0.29, 0.717) is 11.6 Å². The van der Waals surface area contributed by atoms with Crippen molar-refractivity contribution in [2.24, 2.45) is 5.73 Å². The molecule has 2 N–H and O–H groups in total. The fourth-order valence-electron chi connectivity index (χ4n) is 3.25. The van der Waals surface area contributed by atoms with Crippen LogP contribution in [-0.2, 0) is 6.18 Å². The van der Waals surface area contributed by atoms with Crippen LogP contribution in [-0.4, -0.2) is 41.0 Å². The zero-order valence-corrected chi connectivity index (χ0v) is 13.9. The molecule has 1 aromatic heterocycles. The van der Waals surface area contributed by atoms with E-state index in [0.717, 1.165) is 17.3 Å². The van der Waals surface area contributed by atoms with E-state index >= 15 is 0 Å². The summed E-state index contributed by atoms with van der Waals surface area (Å²) in [7, 11) is 0. The topological polar surface area (TPSA) is 76.3 Å². The zero-order valence-electron chi connectivity index (χ0n) is 13.9. The summed E-state index contributed by atoms with van der Waals surface area (Å²) < 4.78 is 54.0. The first kappa shape index (κ1) is 18.8. The number of amides is 2. The molecule has 9 heteroatoms. The van der Waals surface area contributed by atoms with Crippen molar-refractivity contribution in [1.29, 1.82) is 0 Å². The van der Waals surface area contributed by atoms with E-state index in [4.69, 9.17) is 5.73 Å². The van der Waals surface area contributed by atoms with E-state index in [1.165, 1.54) is 12.1 Å². The largest absolute Gasteiger partial charge is 0.417 e. The lowest BCUT2D eigenvalue weighted by Gasteiger charge is -2.19. The lowest BCUT2D eigenvalue weighted by atomic mass is 9.92. The van der Waals surface area contributed by atoms with Crippen molar-refractivity contribution in [3.05, 3.63) is 65.0 Å². The highest BCUT2D eigenvalue weighted by Crippen LogP contribution is 2.35. The number of hydrogen-bond acceptors (Lipinski definition) is 3. The first-order valence-electron chi connectivity index (χ1n) is 8.03. The predicted molar refractivity (Wildman–Crippen MR) is 87.7 cm³/mol. The van der Waals surface area contributed by atoms with Crippen molar-refractivity contribution in [3.63, 3.8) is 0 Å². The third-order valence-corrected chi connectivity index (χ3v) is 4.52. The number of halogens is 4. The van der Waals surface area contributed by atoms with Crippen LogP contribution in [0.2, 0.25) is 0 Å². The Kier molecular flexibility index (Phi) is 4.86. The van der Waals surface area contributed by atoms with Crippen LogP contribution in [0.1, 0.15) is 37.8 Å². The van der Waals surface area contributed by atoms with Gasteiger partial charge in [0, 0.05) is 30.4 Å². The molecule has 2 atom stereocenters. The van der Waals surface area contributed by atoms with Gasteiger partial charge in [-0.2, -0.15) is 13.2 Å². The number of aromatic nitrogens is 1. The molecule has 142 valence electrons. The van der Waals surface area contributed by atoms with Crippen LogP contribution in [0.25, 0.3) is 0 Å². The highest BCUT2D eigenvalue weighted by atomic mass is 19.4. The maximum atomic E-state index is 14.6. The minimum Gasteiger partial charge on any atom is -0.366 e. The van der Waals surface area contributed by atoms with Crippen molar-refractivity contribution in [2.45, 2.75) is 18.3 Å². The van der Waals surface area contributed by atoms with Crippen molar-refractivity contribution in [2.75, 3.05) is 13.1 Å². The summed E-state index contributed by atoms with van der Waals surface area (Å²) in [6, 6.07) is 6.84. The molecule has 3 rings (SSSR count). The number of likely N-dealkylation sites (tertiary alicyclic amines) is 1. The van der Waals surface area contributed by atoms with Gasteiger partial charge in [0.25, 0.3) is 5.91 Å². The van der Waals surface area contributed by atoms with Crippen LogP contribution in [0, 0.1) is 0 Å². The normalized spacial score (nSPS) is 19.9. The van der Waals surface area contributed by atoms with Gasteiger partial charge in [-0.05, 0) is 17.7 Å². The average Bonchev–Trinajstić information content (AvgIpc) is 3.02. The van der Waals surface area contributed by atoms with E-state index in [2.05, 4.69) is 4.98 Å². The Hall–Kier alpha value is -2.97. The molecule has 0 radical (unpaired) electrons. The minimum absolute atomic E-state index is 0.122. The van der Waals surface area contributed by atoms with E-state index < -0.39 is 41.2 Å². The summed E-state index contributed by atoms with van der Waals surface area (Å²) in [5.74, 6) is -2.56. The molecule has 2 amide bonds. The second-order valence-corrected chi connectivity index (χ2v) is 6.20. The van der Waals surface area contributed by atoms with Gasteiger partial charge in [0.05, 0.1) is 17.7 Å². The lowest BCUT2D eigenvalue weighted by molar-refractivity contribution is -0.138. The van der Waals surface area contributed by atoms with Gasteiger partial charge >= 0.3 is 6.18 Å². The molecular formula is C18H15F4N3O2. The van der Waals surface area contributed by atoms with Crippen LogP contribution >= 0.6 is 0 Å². The Bertz CT molecular complexity index is 885. The maximum absolute atomic E-state index is 14.6. The number of benzene rings is 1. The molecule has 2 heterocycles. The Balaban J connectivity index is 1.90. The second-order valence-electron chi connectivity index (χ2n) is 6.20. The molecule has 1 aliphatic rings. The molecule has 0 unspecified atom stereocenters. The van der Waals surface area contributed by atoms with Crippen LogP contribution in [0.15, 0.2) is 42.7 Å². The molecule has 0 aliphatic carbocycles. The van der Waals surface area contributed by atoms with Crippen molar-refractivity contribution < 1.29 is 27.2 Å². The van der Waals surface area contributed by atoms with Gasteiger partial charge in [0.2, 0.25) is 5.91 Å². The maximum Gasteiger partial charge on any atom is 0.417 e. The van der Waals surface area contributed by atoms with Crippen molar-refractivity contribution in [1.82, 2.24) is 9.88 Å². The first-order valence-corrected chi connectivity index (χ1v) is 8.03. The minimum atomic E-state index is -4.74. The standard InChI is InChI=1S/C18H15F4N3O2/c19-15-9-25(8-13(15)10-3-1-2-4-11(10)16(23)26)17(27)12-7-24-6-5-14(12)18(20,21)22/h1-7,13,15H,8-9H2,(H2,23,26)/t13-,15+/m0/s1. The Morgan fingerprint density at radius 3 is 2.48 bits per heavy atom. The monoisotopic (exact) mass is 381 g/mol. The molecule has 1 fully saturated rings.